The molecule has 1 nitrogen and oxygen atoms in total. The fourth-order valence-corrected chi connectivity index (χ4v) is 1.89. The van der Waals surface area contributed by atoms with Gasteiger partial charge in [-0.2, -0.15) is 0 Å². The van der Waals surface area contributed by atoms with Crippen molar-refractivity contribution in [2.75, 3.05) is 12.4 Å². The third kappa shape index (κ3) is 4.15. The Balaban J connectivity index is 2.24. The normalized spacial score (nSPS) is 9.92. The molecule has 0 aliphatic rings. The van der Waals surface area contributed by atoms with E-state index in [0.29, 0.717) is 0 Å². The molecule has 0 heterocycles. The summed E-state index contributed by atoms with van der Waals surface area (Å²) in [6, 6.07) is 10.3. The Morgan fingerprint density at radius 2 is 2.00 bits per heavy atom. The Hall–Kier alpha value is -0.730. The van der Waals surface area contributed by atoms with Crippen LogP contribution >= 0.6 is 11.8 Å². The minimum absolute atomic E-state index is 0.106. The van der Waals surface area contributed by atoms with Gasteiger partial charge in [0.2, 0.25) is 0 Å². The van der Waals surface area contributed by atoms with Gasteiger partial charge in [-0.3, -0.25) is 0 Å². The lowest BCUT2D eigenvalue weighted by Gasteiger charge is -2.01. The highest BCUT2D eigenvalue weighted by Crippen LogP contribution is 2.18. The van der Waals surface area contributed by atoms with Gasteiger partial charge in [0.05, 0.1) is 6.61 Å². The second-order valence-corrected chi connectivity index (χ2v) is 3.99. The van der Waals surface area contributed by atoms with Crippen LogP contribution in [0, 0.1) is 0 Å². The Labute approximate surface area is 83.5 Å². The molecule has 0 unspecified atom stereocenters. The van der Waals surface area contributed by atoms with Gasteiger partial charge in [-0.05, 0) is 18.6 Å². The maximum absolute atomic E-state index is 8.72. The molecule has 1 N–H and O–H groups in total. The highest BCUT2D eigenvalue weighted by atomic mass is 32.2. The summed E-state index contributed by atoms with van der Waals surface area (Å²) in [4.78, 5) is 1.27. The van der Waals surface area contributed by atoms with E-state index in [1.54, 1.807) is 11.8 Å². The Kier molecular flexibility index (Phi) is 4.65. The van der Waals surface area contributed by atoms with Crippen LogP contribution in [-0.2, 0) is 0 Å². The fourth-order valence-electron chi connectivity index (χ4n) is 0.909. The summed E-state index contributed by atoms with van der Waals surface area (Å²) in [6.07, 6.45) is 0.885. The zero-order valence-corrected chi connectivity index (χ0v) is 8.39. The van der Waals surface area contributed by atoms with Crippen molar-refractivity contribution in [2.24, 2.45) is 0 Å². The van der Waals surface area contributed by atoms with Gasteiger partial charge < -0.3 is 5.11 Å². The van der Waals surface area contributed by atoms with Crippen LogP contribution in [0.25, 0.3) is 0 Å². The maximum Gasteiger partial charge on any atom is 0.0639 e. The molecule has 0 bridgehead atoms. The van der Waals surface area contributed by atoms with Crippen LogP contribution in [0.15, 0.2) is 47.4 Å². The number of benzene rings is 1. The second kappa shape index (κ2) is 5.84. The smallest absolute Gasteiger partial charge is 0.0639 e. The van der Waals surface area contributed by atoms with E-state index in [1.165, 1.54) is 4.90 Å². The molecule has 2 heteroatoms. The molecule has 70 valence electrons. The molecule has 1 aromatic carbocycles. The van der Waals surface area contributed by atoms with Crippen molar-refractivity contribution >= 4 is 11.8 Å². The minimum atomic E-state index is 0.106. The Morgan fingerprint density at radius 3 is 2.62 bits per heavy atom. The van der Waals surface area contributed by atoms with Crippen molar-refractivity contribution in [3.63, 3.8) is 0 Å². The van der Waals surface area contributed by atoms with E-state index in [2.05, 4.69) is 18.7 Å². The molecule has 0 aliphatic heterocycles. The fraction of sp³-hybridized carbons (Fsp3) is 0.273. The zero-order chi connectivity index (χ0) is 9.52. The number of hydrogen-bond acceptors (Lipinski definition) is 2. The first-order valence-electron chi connectivity index (χ1n) is 4.28. The van der Waals surface area contributed by atoms with E-state index in [0.717, 1.165) is 17.7 Å². The van der Waals surface area contributed by atoms with Gasteiger partial charge in [-0.15, -0.1) is 11.8 Å². The van der Waals surface area contributed by atoms with Crippen LogP contribution in [0.2, 0.25) is 0 Å². The van der Waals surface area contributed by atoms with Gasteiger partial charge in [0.15, 0.2) is 0 Å². The first kappa shape index (κ1) is 10.4. The van der Waals surface area contributed by atoms with Crippen LogP contribution in [0.1, 0.15) is 6.42 Å². The lowest BCUT2D eigenvalue weighted by molar-refractivity contribution is 0.328. The van der Waals surface area contributed by atoms with Crippen molar-refractivity contribution < 1.29 is 5.11 Å². The number of hydrogen-bond donors (Lipinski definition) is 1. The Bertz CT molecular complexity index is 256. The molecule has 0 fully saturated rings. The number of thioether (sulfide) groups is 1. The van der Waals surface area contributed by atoms with Gasteiger partial charge in [0.1, 0.15) is 0 Å². The molecule has 0 saturated heterocycles. The van der Waals surface area contributed by atoms with E-state index >= 15 is 0 Å². The van der Waals surface area contributed by atoms with Gasteiger partial charge in [-0.25, -0.2) is 0 Å². The van der Waals surface area contributed by atoms with Crippen LogP contribution in [0.5, 0.6) is 0 Å². The van der Waals surface area contributed by atoms with Crippen molar-refractivity contribution in [2.45, 2.75) is 11.3 Å². The molecule has 0 radical (unpaired) electrons. The summed E-state index contributed by atoms with van der Waals surface area (Å²) in [5.74, 6) is 0.989. The summed E-state index contributed by atoms with van der Waals surface area (Å²) in [5, 5.41) is 8.72. The summed E-state index contributed by atoms with van der Waals surface area (Å²) in [6.45, 7) is 3.85. The molecule has 1 rings (SSSR count). The van der Waals surface area contributed by atoms with Crippen molar-refractivity contribution in [1.82, 2.24) is 0 Å². The van der Waals surface area contributed by atoms with E-state index in [9.17, 15) is 0 Å². The minimum Gasteiger partial charge on any atom is -0.392 e. The maximum atomic E-state index is 8.72. The molecule has 0 saturated carbocycles. The molecular formula is C11H14OS. The first-order chi connectivity index (χ1) is 6.33. The molecular weight excluding hydrogens is 180 g/mol. The summed E-state index contributed by atoms with van der Waals surface area (Å²) in [5.41, 5.74) is 0.906. The van der Waals surface area contributed by atoms with E-state index in [1.807, 2.05) is 18.2 Å². The van der Waals surface area contributed by atoms with Crippen LogP contribution in [0.4, 0.5) is 0 Å². The monoisotopic (exact) mass is 194 g/mol. The van der Waals surface area contributed by atoms with Crippen LogP contribution < -0.4 is 0 Å². The van der Waals surface area contributed by atoms with E-state index < -0.39 is 0 Å². The third-order valence-electron chi connectivity index (χ3n) is 1.69. The average Bonchev–Trinajstić information content (AvgIpc) is 2.19. The summed E-state index contributed by atoms with van der Waals surface area (Å²) < 4.78 is 0. The first-order valence-corrected chi connectivity index (χ1v) is 5.27. The Morgan fingerprint density at radius 1 is 1.31 bits per heavy atom. The predicted molar refractivity (Wildman–Crippen MR) is 58.0 cm³/mol. The molecule has 0 aliphatic carbocycles. The zero-order valence-electron chi connectivity index (χ0n) is 7.57. The predicted octanol–water partition coefficient (Wildman–Crippen LogP) is 2.72. The van der Waals surface area contributed by atoms with Crippen molar-refractivity contribution in [1.29, 1.82) is 0 Å². The largest absolute Gasteiger partial charge is 0.392 e. The number of rotatable bonds is 5. The highest BCUT2D eigenvalue weighted by molar-refractivity contribution is 7.99. The van der Waals surface area contributed by atoms with Crippen molar-refractivity contribution in [3.8, 4) is 0 Å². The van der Waals surface area contributed by atoms with Gasteiger partial charge in [0, 0.05) is 10.6 Å². The lowest BCUT2D eigenvalue weighted by atomic mass is 10.2. The van der Waals surface area contributed by atoms with Crippen molar-refractivity contribution in [3.05, 3.63) is 42.5 Å². The molecule has 1 aromatic rings. The topological polar surface area (TPSA) is 20.2 Å². The number of aliphatic hydroxyl groups is 1. The van der Waals surface area contributed by atoms with Gasteiger partial charge in [0.25, 0.3) is 0 Å². The molecule has 0 amide bonds. The highest BCUT2D eigenvalue weighted by Gasteiger charge is 1.94. The summed E-state index contributed by atoms with van der Waals surface area (Å²) >= 11 is 1.79. The average molecular weight is 194 g/mol. The van der Waals surface area contributed by atoms with Crippen LogP contribution in [-0.4, -0.2) is 17.5 Å². The molecule has 0 atom stereocenters. The van der Waals surface area contributed by atoms with Gasteiger partial charge in [-0.1, -0.05) is 30.4 Å². The standard InChI is InChI=1S/C11H14OS/c1-10(9-12)7-8-13-11-5-3-2-4-6-11/h2-6,12H,1,7-9H2. The van der Waals surface area contributed by atoms with Gasteiger partial charge >= 0.3 is 0 Å². The second-order valence-electron chi connectivity index (χ2n) is 2.82. The SMILES string of the molecule is C=C(CO)CCSc1ccccc1. The molecule has 13 heavy (non-hydrogen) atoms. The quantitative estimate of drug-likeness (QED) is 0.574. The van der Waals surface area contributed by atoms with Crippen LogP contribution in [0.3, 0.4) is 0 Å². The molecule has 0 aromatic heterocycles. The third-order valence-corrected chi connectivity index (χ3v) is 2.70. The van der Waals surface area contributed by atoms with E-state index in [-0.39, 0.29) is 6.61 Å². The number of aliphatic hydroxyl groups excluding tert-OH is 1. The van der Waals surface area contributed by atoms with E-state index in [4.69, 9.17) is 5.11 Å². The summed E-state index contributed by atoms with van der Waals surface area (Å²) in [7, 11) is 0. The molecule has 0 spiro atoms. The lowest BCUT2D eigenvalue weighted by Crippen LogP contribution is -1.90.